The van der Waals surface area contributed by atoms with Crippen molar-refractivity contribution in [1.82, 2.24) is 0 Å². The van der Waals surface area contributed by atoms with Crippen molar-refractivity contribution in [2.24, 2.45) is 29.1 Å². The van der Waals surface area contributed by atoms with E-state index in [9.17, 15) is 9.59 Å². The summed E-state index contributed by atoms with van der Waals surface area (Å²) >= 11 is 0. The highest BCUT2D eigenvalue weighted by molar-refractivity contribution is 5.83. The SMILES string of the molecule is C[C@H](/C=C/[C@H](C)CC=O)C1CCC2C(=O)CCC[C@@]21C. The highest BCUT2D eigenvalue weighted by atomic mass is 16.1. The molecule has 0 aliphatic heterocycles. The van der Waals surface area contributed by atoms with Gasteiger partial charge in [0.2, 0.25) is 0 Å². The Labute approximate surface area is 123 Å². The van der Waals surface area contributed by atoms with Crippen molar-refractivity contribution in [3.63, 3.8) is 0 Å². The molecule has 2 saturated carbocycles. The first-order valence-electron chi connectivity index (χ1n) is 8.13. The third-order valence-electron chi connectivity index (χ3n) is 5.78. The molecule has 2 heteroatoms. The molecule has 0 bridgehead atoms. The fourth-order valence-corrected chi connectivity index (χ4v) is 4.56. The molecule has 2 nitrogen and oxygen atoms in total. The van der Waals surface area contributed by atoms with Crippen LogP contribution in [0.3, 0.4) is 0 Å². The van der Waals surface area contributed by atoms with E-state index in [0.717, 1.165) is 25.5 Å². The molecule has 0 aromatic heterocycles. The number of aldehydes is 1. The Hall–Kier alpha value is -0.920. The number of carbonyl (C=O) groups excluding carboxylic acids is 2. The minimum Gasteiger partial charge on any atom is -0.303 e. The average Bonchev–Trinajstić information content (AvgIpc) is 2.75. The average molecular weight is 276 g/mol. The van der Waals surface area contributed by atoms with Crippen molar-refractivity contribution in [2.75, 3.05) is 0 Å². The van der Waals surface area contributed by atoms with Gasteiger partial charge in [0.1, 0.15) is 12.1 Å². The van der Waals surface area contributed by atoms with Crippen molar-refractivity contribution >= 4 is 12.1 Å². The van der Waals surface area contributed by atoms with Crippen molar-refractivity contribution in [2.45, 2.75) is 59.3 Å². The lowest BCUT2D eigenvalue weighted by Crippen LogP contribution is -2.39. The van der Waals surface area contributed by atoms with Crippen molar-refractivity contribution in [3.8, 4) is 0 Å². The van der Waals surface area contributed by atoms with Gasteiger partial charge in [0.05, 0.1) is 0 Å². The van der Waals surface area contributed by atoms with Crippen LogP contribution in [-0.4, -0.2) is 12.1 Å². The van der Waals surface area contributed by atoms with Gasteiger partial charge in [0.25, 0.3) is 0 Å². The summed E-state index contributed by atoms with van der Waals surface area (Å²) in [6.07, 6.45) is 11.4. The smallest absolute Gasteiger partial charge is 0.136 e. The Bertz CT molecular complexity index is 398. The van der Waals surface area contributed by atoms with E-state index in [4.69, 9.17) is 0 Å². The molecular formula is C18H28O2. The van der Waals surface area contributed by atoms with Crippen LogP contribution in [0.2, 0.25) is 0 Å². The Balaban J connectivity index is 2.05. The largest absolute Gasteiger partial charge is 0.303 e. The molecule has 112 valence electrons. The van der Waals surface area contributed by atoms with Gasteiger partial charge in [0.15, 0.2) is 0 Å². The molecular weight excluding hydrogens is 248 g/mol. The predicted octanol–water partition coefficient (Wildman–Crippen LogP) is 4.19. The number of fused-ring (bicyclic) bond motifs is 1. The zero-order chi connectivity index (χ0) is 14.8. The fraction of sp³-hybridized carbons (Fsp3) is 0.778. The lowest BCUT2D eigenvalue weighted by atomic mass is 9.62. The number of hydrogen-bond acceptors (Lipinski definition) is 2. The molecule has 0 saturated heterocycles. The molecule has 0 heterocycles. The van der Waals surface area contributed by atoms with Crippen LogP contribution in [0.25, 0.3) is 0 Å². The molecule has 20 heavy (non-hydrogen) atoms. The second-order valence-corrected chi connectivity index (χ2v) is 7.19. The van der Waals surface area contributed by atoms with Gasteiger partial charge in [-0.1, -0.05) is 32.9 Å². The maximum Gasteiger partial charge on any atom is 0.136 e. The monoisotopic (exact) mass is 276 g/mol. The van der Waals surface area contributed by atoms with Crippen LogP contribution in [0.15, 0.2) is 12.2 Å². The zero-order valence-electron chi connectivity index (χ0n) is 13.1. The molecule has 5 atom stereocenters. The van der Waals surface area contributed by atoms with E-state index in [1.165, 1.54) is 12.8 Å². The Morgan fingerprint density at radius 3 is 2.75 bits per heavy atom. The Morgan fingerprint density at radius 1 is 1.30 bits per heavy atom. The summed E-state index contributed by atoms with van der Waals surface area (Å²) in [6.45, 7) is 6.70. The van der Waals surface area contributed by atoms with Gasteiger partial charge in [-0.15, -0.1) is 0 Å². The fourth-order valence-electron chi connectivity index (χ4n) is 4.56. The van der Waals surface area contributed by atoms with Gasteiger partial charge >= 0.3 is 0 Å². The predicted molar refractivity (Wildman–Crippen MR) is 81.3 cm³/mol. The van der Waals surface area contributed by atoms with Crippen LogP contribution < -0.4 is 0 Å². The number of allylic oxidation sites excluding steroid dienone is 2. The number of rotatable bonds is 5. The molecule has 2 aliphatic carbocycles. The van der Waals surface area contributed by atoms with Crippen molar-refractivity contribution < 1.29 is 9.59 Å². The first-order valence-corrected chi connectivity index (χ1v) is 8.13. The molecule has 0 amide bonds. The van der Waals surface area contributed by atoms with Crippen molar-refractivity contribution in [1.29, 1.82) is 0 Å². The summed E-state index contributed by atoms with van der Waals surface area (Å²) in [7, 11) is 0. The lowest BCUT2D eigenvalue weighted by Gasteiger charge is -2.41. The van der Waals surface area contributed by atoms with Crippen LogP contribution in [0, 0.1) is 29.1 Å². The summed E-state index contributed by atoms with van der Waals surface area (Å²) in [5.74, 6) is 2.27. The molecule has 2 rings (SSSR count). The summed E-state index contributed by atoms with van der Waals surface area (Å²) < 4.78 is 0. The van der Waals surface area contributed by atoms with Gasteiger partial charge in [-0.3, -0.25) is 4.79 Å². The van der Waals surface area contributed by atoms with E-state index in [2.05, 4.69) is 32.9 Å². The number of ketones is 1. The third kappa shape index (κ3) is 2.89. The Kier molecular flexibility index (Phi) is 4.82. The lowest BCUT2D eigenvalue weighted by molar-refractivity contribution is -0.129. The quantitative estimate of drug-likeness (QED) is 0.557. The third-order valence-corrected chi connectivity index (χ3v) is 5.78. The van der Waals surface area contributed by atoms with Crippen LogP contribution >= 0.6 is 0 Å². The number of Topliss-reactive ketones (excluding diaryl/α,β-unsaturated/α-hetero) is 1. The van der Waals surface area contributed by atoms with E-state index in [0.29, 0.717) is 35.9 Å². The molecule has 2 fully saturated rings. The first kappa shape index (κ1) is 15.5. The maximum absolute atomic E-state index is 12.1. The van der Waals surface area contributed by atoms with Gasteiger partial charge in [-0.25, -0.2) is 0 Å². The highest BCUT2D eigenvalue weighted by Gasteiger charge is 2.51. The van der Waals surface area contributed by atoms with Gasteiger partial charge < -0.3 is 4.79 Å². The topological polar surface area (TPSA) is 34.1 Å². The number of carbonyl (C=O) groups is 2. The molecule has 2 unspecified atom stereocenters. The van der Waals surface area contributed by atoms with Gasteiger partial charge in [0, 0.05) is 18.8 Å². The molecule has 0 spiro atoms. The van der Waals surface area contributed by atoms with E-state index < -0.39 is 0 Å². The zero-order valence-corrected chi connectivity index (χ0v) is 13.1. The molecule has 0 N–H and O–H groups in total. The summed E-state index contributed by atoms with van der Waals surface area (Å²) in [5.41, 5.74) is 0.215. The molecule has 2 aliphatic rings. The molecule has 0 aromatic carbocycles. The minimum atomic E-state index is 0.215. The van der Waals surface area contributed by atoms with E-state index >= 15 is 0 Å². The highest BCUT2D eigenvalue weighted by Crippen LogP contribution is 2.56. The van der Waals surface area contributed by atoms with E-state index in [1.54, 1.807) is 0 Å². The van der Waals surface area contributed by atoms with Gasteiger partial charge in [-0.2, -0.15) is 0 Å². The first-order chi connectivity index (χ1) is 9.49. The molecule has 0 radical (unpaired) electrons. The van der Waals surface area contributed by atoms with E-state index in [-0.39, 0.29) is 5.41 Å². The second kappa shape index (κ2) is 6.24. The van der Waals surface area contributed by atoms with Crippen LogP contribution in [-0.2, 0) is 9.59 Å². The maximum atomic E-state index is 12.1. The van der Waals surface area contributed by atoms with Crippen molar-refractivity contribution in [3.05, 3.63) is 12.2 Å². The second-order valence-electron chi connectivity index (χ2n) is 7.19. The number of hydrogen-bond donors (Lipinski definition) is 0. The summed E-state index contributed by atoms with van der Waals surface area (Å²) in [6, 6.07) is 0. The van der Waals surface area contributed by atoms with Gasteiger partial charge in [-0.05, 0) is 48.9 Å². The standard InChI is InChI=1S/C18H28O2/c1-13(10-12-19)6-7-14(2)15-8-9-16-17(20)5-4-11-18(15,16)3/h6-7,12-16H,4-5,8-11H2,1-3H3/b7-6+/t13-,14+,15?,16?,18+/m0/s1. The summed E-state index contributed by atoms with van der Waals surface area (Å²) in [4.78, 5) is 22.7. The molecule has 0 aromatic rings. The Morgan fingerprint density at radius 2 is 2.05 bits per heavy atom. The van der Waals surface area contributed by atoms with Crippen LogP contribution in [0.1, 0.15) is 59.3 Å². The normalized spacial score (nSPS) is 36.9. The van der Waals surface area contributed by atoms with E-state index in [1.807, 2.05) is 0 Å². The minimum absolute atomic E-state index is 0.215. The van der Waals surface area contributed by atoms with Crippen LogP contribution in [0.5, 0.6) is 0 Å². The summed E-state index contributed by atoms with van der Waals surface area (Å²) in [5, 5.41) is 0. The van der Waals surface area contributed by atoms with Crippen LogP contribution in [0.4, 0.5) is 0 Å².